The van der Waals surface area contributed by atoms with E-state index in [1.165, 1.54) is 6.92 Å². The molecule has 1 aliphatic rings. The fourth-order valence-corrected chi connectivity index (χ4v) is 3.00. The molecule has 1 fully saturated rings. The highest BCUT2D eigenvalue weighted by Gasteiger charge is 2.32. The first-order chi connectivity index (χ1) is 12.3. The van der Waals surface area contributed by atoms with E-state index in [-0.39, 0.29) is 17.2 Å². The van der Waals surface area contributed by atoms with Gasteiger partial charge in [0.05, 0.1) is 23.6 Å². The van der Waals surface area contributed by atoms with Crippen molar-refractivity contribution < 1.29 is 23.0 Å². The normalized spacial score (nSPS) is 18.1. The van der Waals surface area contributed by atoms with Gasteiger partial charge >= 0.3 is 6.18 Å². The molecule has 1 atom stereocenters. The average molecular weight is 367 g/mol. The number of ether oxygens (including phenoxy) is 1. The third kappa shape index (κ3) is 4.31. The van der Waals surface area contributed by atoms with Crippen LogP contribution in [0.4, 0.5) is 13.2 Å². The predicted molar refractivity (Wildman–Crippen MR) is 89.6 cm³/mol. The van der Waals surface area contributed by atoms with E-state index >= 15 is 0 Å². The molecule has 0 saturated carbocycles. The summed E-state index contributed by atoms with van der Waals surface area (Å²) in [6, 6.07) is 5.39. The molecule has 1 aliphatic heterocycles. The molecule has 1 aromatic heterocycles. The molecule has 0 amide bonds. The number of halogens is 3. The number of hydrogen-bond acceptors (Lipinski definition) is 5. The van der Waals surface area contributed by atoms with Crippen molar-refractivity contribution in [3.05, 3.63) is 41.1 Å². The minimum absolute atomic E-state index is 0.255. The Labute approximate surface area is 149 Å². The fourth-order valence-electron chi connectivity index (χ4n) is 3.00. The number of phenolic OH excluding ortho intramolecular Hbond substituents is 1. The lowest BCUT2D eigenvalue weighted by molar-refractivity contribution is -0.137. The largest absolute Gasteiger partial charge is 0.507 e. The molecule has 0 radical (unpaired) electrons. The van der Waals surface area contributed by atoms with Crippen LogP contribution >= 0.6 is 0 Å². The molecule has 8 heteroatoms. The molecule has 2 heterocycles. The molecule has 3 rings (SSSR count). The van der Waals surface area contributed by atoms with Crippen molar-refractivity contribution in [2.24, 2.45) is 0 Å². The van der Waals surface area contributed by atoms with Gasteiger partial charge in [-0.2, -0.15) is 23.4 Å². The van der Waals surface area contributed by atoms with Gasteiger partial charge in [-0.15, -0.1) is 0 Å². The van der Waals surface area contributed by atoms with Crippen LogP contribution in [0.15, 0.2) is 24.3 Å². The van der Waals surface area contributed by atoms with Gasteiger partial charge in [0.15, 0.2) is 0 Å². The number of nitrogens with zero attached hydrogens (tertiary/aromatic N) is 2. The zero-order chi connectivity index (χ0) is 18.7. The molecule has 0 spiro atoms. The van der Waals surface area contributed by atoms with Crippen molar-refractivity contribution in [1.82, 2.24) is 15.5 Å². The van der Waals surface area contributed by atoms with Crippen molar-refractivity contribution in [3.63, 3.8) is 0 Å². The number of rotatable bonds is 4. The fraction of sp³-hybridized carbons (Fsp3) is 0.444. The van der Waals surface area contributed by atoms with Gasteiger partial charge in [-0.3, -0.25) is 0 Å². The number of nitrogens with one attached hydrogen (secondary N) is 1. The van der Waals surface area contributed by atoms with Crippen LogP contribution in [-0.2, 0) is 17.5 Å². The van der Waals surface area contributed by atoms with Gasteiger partial charge in [-0.05, 0) is 49.6 Å². The van der Waals surface area contributed by atoms with Crippen LogP contribution in [0.1, 0.15) is 29.7 Å². The van der Waals surface area contributed by atoms with Crippen LogP contribution in [0.3, 0.4) is 0 Å². The first kappa shape index (κ1) is 18.6. The first-order valence-corrected chi connectivity index (χ1v) is 8.39. The number of aromatic hydroxyl groups is 1. The summed E-state index contributed by atoms with van der Waals surface area (Å²) in [5.41, 5.74) is 0.698. The zero-order valence-electron chi connectivity index (χ0n) is 14.3. The summed E-state index contributed by atoms with van der Waals surface area (Å²) >= 11 is 0. The quantitative estimate of drug-likeness (QED) is 0.867. The summed E-state index contributed by atoms with van der Waals surface area (Å²) in [5, 5.41) is 21.5. The van der Waals surface area contributed by atoms with Crippen molar-refractivity contribution in [2.45, 2.75) is 38.5 Å². The second-order valence-electron chi connectivity index (χ2n) is 6.39. The van der Waals surface area contributed by atoms with E-state index in [0.717, 1.165) is 25.5 Å². The number of aromatic nitrogens is 2. The smallest absolute Gasteiger partial charge is 0.416 e. The van der Waals surface area contributed by atoms with Crippen molar-refractivity contribution in [2.75, 3.05) is 13.2 Å². The van der Waals surface area contributed by atoms with Crippen molar-refractivity contribution in [3.8, 4) is 17.0 Å². The Balaban J connectivity index is 1.74. The lowest BCUT2D eigenvalue weighted by Gasteiger charge is -2.22. The summed E-state index contributed by atoms with van der Waals surface area (Å²) in [6.45, 7) is 3.50. The van der Waals surface area contributed by atoms with Gasteiger partial charge in [0.1, 0.15) is 5.75 Å². The van der Waals surface area contributed by atoms with Crippen molar-refractivity contribution >= 4 is 0 Å². The number of benzene rings is 1. The van der Waals surface area contributed by atoms with E-state index < -0.39 is 17.5 Å². The zero-order valence-corrected chi connectivity index (χ0v) is 14.3. The van der Waals surface area contributed by atoms with E-state index in [4.69, 9.17) is 4.74 Å². The van der Waals surface area contributed by atoms with Crippen LogP contribution < -0.4 is 5.32 Å². The van der Waals surface area contributed by atoms with E-state index in [1.54, 1.807) is 12.1 Å². The van der Waals surface area contributed by atoms with Crippen LogP contribution in [0.2, 0.25) is 0 Å². The summed E-state index contributed by atoms with van der Waals surface area (Å²) in [4.78, 5) is 0. The Bertz CT molecular complexity index is 734. The number of alkyl halides is 3. The van der Waals surface area contributed by atoms with Crippen LogP contribution in [0.5, 0.6) is 5.75 Å². The van der Waals surface area contributed by atoms with E-state index in [0.29, 0.717) is 30.6 Å². The van der Waals surface area contributed by atoms with E-state index in [1.807, 2.05) is 0 Å². The maximum Gasteiger partial charge on any atom is 0.416 e. The van der Waals surface area contributed by atoms with E-state index in [9.17, 15) is 18.3 Å². The lowest BCUT2D eigenvalue weighted by atomic mass is 10.0. The molecule has 1 aromatic carbocycles. The Kier molecular flexibility index (Phi) is 5.43. The van der Waals surface area contributed by atoms with Crippen LogP contribution in [-0.4, -0.2) is 34.6 Å². The summed E-state index contributed by atoms with van der Waals surface area (Å²) in [5.74, 6) is -0.461. The topological polar surface area (TPSA) is 67.3 Å². The minimum atomic E-state index is -4.51. The monoisotopic (exact) mass is 367 g/mol. The Morgan fingerprint density at radius 3 is 2.65 bits per heavy atom. The van der Waals surface area contributed by atoms with Gasteiger partial charge in [0.25, 0.3) is 0 Å². The van der Waals surface area contributed by atoms with Gasteiger partial charge in [0.2, 0.25) is 0 Å². The predicted octanol–water partition coefficient (Wildman–Crippen LogP) is 3.45. The average Bonchev–Trinajstić information content (AvgIpc) is 2.60. The SMILES string of the molecule is Cc1cc(C(F)(F)F)cc(O)c1-c1ccc(CNC2CCCOC2)nn1. The van der Waals surface area contributed by atoms with Crippen LogP contribution in [0, 0.1) is 6.92 Å². The Morgan fingerprint density at radius 2 is 2.08 bits per heavy atom. The van der Waals surface area contributed by atoms with Crippen molar-refractivity contribution in [1.29, 1.82) is 0 Å². The van der Waals surface area contributed by atoms with Crippen LogP contribution in [0.25, 0.3) is 11.3 Å². The lowest BCUT2D eigenvalue weighted by Crippen LogP contribution is -2.36. The summed E-state index contributed by atoms with van der Waals surface area (Å²) in [6.07, 6.45) is -2.44. The second kappa shape index (κ2) is 7.59. The molecule has 0 aliphatic carbocycles. The molecule has 140 valence electrons. The molecule has 1 unspecified atom stereocenters. The molecule has 1 saturated heterocycles. The van der Waals surface area contributed by atoms with Gasteiger partial charge in [0, 0.05) is 24.8 Å². The standard InChI is InChI=1S/C18H20F3N3O2/c1-11-7-12(18(19,20)21)8-16(25)17(11)15-5-4-13(23-24-15)9-22-14-3-2-6-26-10-14/h4-5,7-8,14,22,25H,2-3,6,9-10H2,1H3. The molecular weight excluding hydrogens is 347 g/mol. The molecular formula is C18H20F3N3O2. The molecule has 26 heavy (non-hydrogen) atoms. The molecule has 2 aromatic rings. The summed E-state index contributed by atoms with van der Waals surface area (Å²) in [7, 11) is 0. The molecule has 0 bridgehead atoms. The van der Waals surface area contributed by atoms with Gasteiger partial charge in [-0.25, -0.2) is 0 Å². The third-order valence-electron chi connectivity index (χ3n) is 4.35. The van der Waals surface area contributed by atoms with Gasteiger partial charge in [-0.1, -0.05) is 0 Å². The molecule has 5 nitrogen and oxygen atoms in total. The first-order valence-electron chi connectivity index (χ1n) is 8.39. The maximum absolute atomic E-state index is 12.8. The highest BCUT2D eigenvalue weighted by molar-refractivity contribution is 5.71. The number of hydrogen-bond donors (Lipinski definition) is 2. The molecule has 2 N–H and O–H groups in total. The second-order valence-corrected chi connectivity index (χ2v) is 6.39. The third-order valence-corrected chi connectivity index (χ3v) is 4.35. The Hall–Kier alpha value is -2.19. The minimum Gasteiger partial charge on any atom is -0.507 e. The van der Waals surface area contributed by atoms with Gasteiger partial charge < -0.3 is 15.2 Å². The summed E-state index contributed by atoms with van der Waals surface area (Å²) < 4.78 is 43.9. The number of phenols is 1. The highest BCUT2D eigenvalue weighted by Crippen LogP contribution is 2.38. The Morgan fingerprint density at radius 1 is 1.27 bits per heavy atom. The highest BCUT2D eigenvalue weighted by atomic mass is 19.4. The van der Waals surface area contributed by atoms with E-state index in [2.05, 4.69) is 15.5 Å². The number of aryl methyl sites for hydroxylation is 1. The maximum atomic E-state index is 12.8.